The van der Waals surface area contributed by atoms with Crippen LogP contribution < -0.4 is 5.32 Å². The average molecular weight is 377 g/mol. The van der Waals surface area contributed by atoms with Gasteiger partial charge >= 0.3 is 6.03 Å². The molecule has 2 amide bonds. The molecule has 6 heteroatoms. The molecule has 0 bridgehead atoms. The van der Waals surface area contributed by atoms with Gasteiger partial charge in [0.15, 0.2) is 0 Å². The number of hydrogen-bond acceptors (Lipinski definition) is 2. The van der Waals surface area contributed by atoms with Crippen molar-refractivity contribution in [2.75, 3.05) is 6.54 Å². The standard InChI is InChI=1S/C22H27N5O/c1-14-5-7-19-17(10-14)18-11-16(6-8-20(18)25-19)24-22(28)27-9-3-4-21-15(13-27)12-23-26(21)2/h5,7,10,12,16,25H,3-4,6,8-9,11,13H2,1-2H3,(H,24,28). The Hall–Kier alpha value is -2.76. The quantitative estimate of drug-likeness (QED) is 0.684. The predicted octanol–water partition coefficient (Wildman–Crippen LogP) is 3.23. The highest BCUT2D eigenvalue weighted by molar-refractivity contribution is 5.86. The molecule has 28 heavy (non-hydrogen) atoms. The van der Waals surface area contributed by atoms with Crippen LogP contribution in [0, 0.1) is 6.92 Å². The molecule has 0 fully saturated rings. The first-order valence-corrected chi connectivity index (χ1v) is 10.2. The molecule has 3 aromatic rings. The summed E-state index contributed by atoms with van der Waals surface area (Å²) in [5.74, 6) is 0. The molecule has 3 heterocycles. The Morgan fingerprint density at radius 1 is 1.32 bits per heavy atom. The number of carbonyl (C=O) groups is 1. The van der Waals surface area contributed by atoms with E-state index in [9.17, 15) is 4.79 Å². The van der Waals surface area contributed by atoms with Crippen molar-refractivity contribution in [2.45, 2.75) is 51.6 Å². The molecule has 2 aromatic heterocycles. The number of nitrogens with zero attached hydrogens (tertiary/aromatic N) is 3. The number of benzene rings is 1. The highest BCUT2D eigenvalue weighted by Crippen LogP contribution is 2.30. The number of hydrogen-bond donors (Lipinski definition) is 2. The largest absolute Gasteiger partial charge is 0.358 e. The van der Waals surface area contributed by atoms with Crippen molar-refractivity contribution in [1.29, 1.82) is 0 Å². The first-order valence-electron chi connectivity index (χ1n) is 10.2. The molecule has 5 rings (SSSR count). The summed E-state index contributed by atoms with van der Waals surface area (Å²) in [5, 5.41) is 8.98. The lowest BCUT2D eigenvalue weighted by Gasteiger charge is -2.28. The van der Waals surface area contributed by atoms with E-state index in [1.807, 2.05) is 22.8 Å². The summed E-state index contributed by atoms with van der Waals surface area (Å²) in [6.07, 6.45) is 6.74. The van der Waals surface area contributed by atoms with Crippen LogP contribution in [-0.4, -0.2) is 38.3 Å². The van der Waals surface area contributed by atoms with E-state index in [0.717, 1.165) is 38.6 Å². The Labute approximate surface area is 164 Å². The van der Waals surface area contributed by atoms with Gasteiger partial charge in [-0.2, -0.15) is 5.10 Å². The number of aromatic nitrogens is 3. The fourth-order valence-electron chi connectivity index (χ4n) is 4.78. The summed E-state index contributed by atoms with van der Waals surface area (Å²) in [6, 6.07) is 6.82. The molecular formula is C22H27N5O. The van der Waals surface area contributed by atoms with Crippen molar-refractivity contribution in [3.05, 3.63) is 52.5 Å². The number of rotatable bonds is 1. The number of aromatic amines is 1. The monoisotopic (exact) mass is 377 g/mol. The second-order valence-corrected chi connectivity index (χ2v) is 8.29. The Morgan fingerprint density at radius 3 is 3.11 bits per heavy atom. The molecule has 1 aliphatic heterocycles. The van der Waals surface area contributed by atoms with Crippen LogP contribution in [0.2, 0.25) is 0 Å². The third-order valence-corrected chi connectivity index (χ3v) is 6.31. The number of urea groups is 1. The highest BCUT2D eigenvalue weighted by Gasteiger charge is 2.27. The number of carbonyl (C=O) groups excluding carboxylic acids is 1. The van der Waals surface area contributed by atoms with Crippen molar-refractivity contribution in [1.82, 2.24) is 25.0 Å². The Morgan fingerprint density at radius 2 is 2.21 bits per heavy atom. The first-order chi connectivity index (χ1) is 13.6. The van der Waals surface area contributed by atoms with Crippen LogP contribution in [0.25, 0.3) is 10.9 Å². The normalized spacial score (nSPS) is 19.2. The molecular weight excluding hydrogens is 350 g/mol. The topological polar surface area (TPSA) is 66.0 Å². The van der Waals surface area contributed by atoms with E-state index in [4.69, 9.17) is 0 Å². The third-order valence-electron chi connectivity index (χ3n) is 6.31. The van der Waals surface area contributed by atoms with Gasteiger partial charge in [-0.15, -0.1) is 0 Å². The second-order valence-electron chi connectivity index (χ2n) is 8.29. The molecule has 1 unspecified atom stereocenters. The van der Waals surface area contributed by atoms with Gasteiger partial charge < -0.3 is 15.2 Å². The minimum absolute atomic E-state index is 0.0566. The van der Waals surface area contributed by atoms with E-state index in [0.29, 0.717) is 6.54 Å². The van der Waals surface area contributed by atoms with Gasteiger partial charge in [0.1, 0.15) is 0 Å². The molecule has 146 valence electrons. The zero-order valence-electron chi connectivity index (χ0n) is 16.6. The van der Waals surface area contributed by atoms with Crippen LogP contribution in [-0.2, 0) is 32.9 Å². The zero-order valence-corrected chi connectivity index (χ0v) is 16.6. The molecule has 0 saturated carbocycles. The third kappa shape index (κ3) is 2.97. The second kappa shape index (κ2) is 6.69. The summed E-state index contributed by atoms with van der Waals surface area (Å²) in [4.78, 5) is 18.5. The average Bonchev–Trinajstić information content (AvgIpc) is 3.12. The lowest BCUT2D eigenvalue weighted by atomic mass is 9.91. The van der Waals surface area contributed by atoms with Gasteiger partial charge in [-0.1, -0.05) is 11.6 Å². The van der Waals surface area contributed by atoms with Crippen molar-refractivity contribution in [3.63, 3.8) is 0 Å². The molecule has 1 aliphatic carbocycles. The fraction of sp³-hybridized carbons (Fsp3) is 0.455. The SMILES string of the molecule is Cc1ccc2[nH]c3c(c2c1)CC(NC(=O)N1CCCc2c(cnn2C)C1)CC3. The maximum absolute atomic E-state index is 13.0. The lowest BCUT2D eigenvalue weighted by Crippen LogP contribution is -2.46. The van der Waals surface area contributed by atoms with E-state index < -0.39 is 0 Å². The number of aryl methyl sites for hydroxylation is 3. The van der Waals surface area contributed by atoms with Gasteiger partial charge in [-0.3, -0.25) is 4.68 Å². The van der Waals surface area contributed by atoms with E-state index in [2.05, 4.69) is 40.5 Å². The smallest absolute Gasteiger partial charge is 0.317 e. The van der Waals surface area contributed by atoms with Crippen LogP contribution >= 0.6 is 0 Å². The van der Waals surface area contributed by atoms with Crippen molar-refractivity contribution in [3.8, 4) is 0 Å². The van der Waals surface area contributed by atoms with Crippen LogP contribution in [0.3, 0.4) is 0 Å². The maximum atomic E-state index is 13.0. The minimum atomic E-state index is 0.0566. The molecule has 0 radical (unpaired) electrons. The van der Waals surface area contributed by atoms with Gasteiger partial charge in [0.25, 0.3) is 0 Å². The van der Waals surface area contributed by atoms with E-state index in [1.54, 1.807) is 0 Å². The molecule has 0 spiro atoms. The predicted molar refractivity (Wildman–Crippen MR) is 109 cm³/mol. The van der Waals surface area contributed by atoms with Gasteiger partial charge in [0.2, 0.25) is 0 Å². The molecule has 2 aliphatic rings. The fourth-order valence-corrected chi connectivity index (χ4v) is 4.78. The molecule has 1 aromatic carbocycles. The summed E-state index contributed by atoms with van der Waals surface area (Å²) in [6.45, 7) is 3.58. The Bertz CT molecular complexity index is 1050. The maximum Gasteiger partial charge on any atom is 0.317 e. The summed E-state index contributed by atoms with van der Waals surface area (Å²) < 4.78 is 1.94. The first kappa shape index (κ1) is 17.3. The Balaban J connectivity index is 1.31. The van der Waals surface area contributed by atoms with E-state index >= 15 is 0 Å². The number of H-pyrrole nitrogens is 1. The van der Waals surface area contributed by atoms with Crippen LogP contribution in [0.5, 0.6) is 0 Å². The van der Waals surface area contributed by atoms with Gasteiger partial charge in [0, 0.05) is 47.5 Å². The number of amides is 2. The highest BCUT2D eigenvalue weighted by atomic mass is 16.2. The van der Waals surface area contributed by atoms with E-state index in [-0.39, 0.29) is 12.1 Å². The minimum Gasteiger partial charge on any atom is -0.358 e. The van der Waals surface area contributed by atoms with Gasteiger partial charge in [-0.05, 0) is 56.7 Å². The molecule has 6 nitrogen and oxygen atoms in total. The summed E-state index contributed by atoms with van der Waals surface area (Å²) >= 11 is 0. The summed E-state index contributed by atoms with van der Waals surface area (Å²) in [7, 11) is 1.98. The zero-order chi connectivity index (χ0) is 19.3. The van der Waals surface area contributed by atoms with Crippen LogP contribution in [0.4, 0.5) is 4.79 Å². The van der Waals surface area contributed by atoms with Crippen molar-refractivity contribution in [2.24, 2.45) is 7.05 Å². The van der Waals surface area contributed by atoms with Crippen LogP contribution in [0.15, 0.2) is 24.4 Å². The lowest BCUT2D eigenvalue weighted by molar-refractivity contribution is 0.190. The molecule has 1 atom stereocenters. The van der Waals surface area contributed by atoms with Crippen molar-refractivity contribution < 1.29 is 4.79 Å². The van der Waals surface area contributed by atoms with Gasteiger partial charge in [0.05, 0.1) is 12.7 Å². The van der Waals surface area contributed by atoms with Gasteiger partial charge in [-0.25, -0.2) is 4.79 Å². The number of nitrogens with one attached hydrogen (secondary N) is 2. The molecule has 0 saturated heterocycles. The molecule has 2 N–H and O–H groups in total. The van der Waals surface area contributed by atoms with E-state index in [1.165, 1.54) is 39.0 Å². The van der Waals surface area contributed by atoms with Crippen molar-refractivity contribution >= 4 is 16.9 Å². The summed E-state index contributed by atoms with van der Waals surface area (Å²) in [5.41, 5.74) is 7.62. The number of fused-ring (bicyclic) bond motifs is 4. The van der Waals surface area contributed by atoms with Crippen LogP contribution in [0.1, 0.15) is 40.9 Å². The Kier molecular flexibility index (Phi) is 4.14.